The lowest BCUT2D eigenvalue weighted by atomic mass is 10.0. The van der Waals surface area contributed by atoms with Gasteiger partial charge < -0.3 is 4.52 Å². The van der Waals surface area contributed by atoms with Crippen LogP contribution in [0.3, 0.4) is 0 Å². The van der Waals surface area contributed by atoms with E-state index in [2.05, 4.69) is 29.0 Å². The van der Waals surface area contributed by atoms with Gasteiger partial charge in [-0.2, -0.15) is 0 Å². The van der Waals surface area contributed by atoms with Gasteiger partial charge in [-0.1, -0.05) is 17.2 Å². The van der Waals surface area contributed by atoms with Gasteiger partial charge in [-0.05, 0) is 46.5 Å². The number of hydrogen-bond acceptors (Lipinski definition) is 2. The van der Waals surface area contributed by atoms with E-state index in [0.717, 1.165) is 19.3 Å². The number of carbonyl (C=O) groups excluding carboxylic acids is 1. The van der Waals surface area contributed by atoms with Crippen molar-refractivity contribution in [2.75, 3.05) is 0 Å². The van der Waals surface area contributed by atoms with Crippen LogP contribution >= 0.6 is 9.47 Å². The Morgan fingerprint density at radius 2 is 2.00 bits per heavy atom. The summed E-state index contributed by atoms with van der Waals surface area (Å²) in [6.45, 7) is 9.57. The molecule has 3 heteroatoms. The second kappa shape index (κ2) is 8.66. The van der Waals surface area contributed by atoms with E-state index < -0.39 is 0 Å². The molecular weight excluding hydrogens is 219 g/mol. The standard InChI is InChI=1S/C13H23O2P/c1-10(2)6-5-7-11(3)8-9-13(15-16)12(4)14/h8,13H,1,5-7,9,16H2,2-4H3/b11-8-/t13-/m1/s1. The van der Waals surface area contributed by atoms with E-state index in [9.17, 15) is 4.79 Å². The third kappa shape index (κ3) is 7.78. The fourth-order valence-corrected chi connectivity index (χ4v) is 1.70. The molecule has 1 unspecified atom stereocenters. The molecule has 0 aliphatic heterocycles. The third-order valence-corrected chi connectivity index (χ3v) is 2.80. The van der Waals surface area contributed by atoms with Crippen molar-refractivity contribution in [1.82, 2.24) is 0 Å². The van der Waals surface area contributed by atoms with E-state index in [1.165, 1.54) is 11.1 Å². The molecule has 0 fully saturated rings. The maximum absolute atomic E-state index is 11.1. The first-order valence-electron chi connectivity index (χ1n) is 5.63. The molecule has 0 aromatic rings. The molecular formula is C13H23O2P. The van der Waals surface area contributed by atoms with Crippen LogP contribution in [0.15, 0.2) is 23.8 Å². The SMILES string of the molecule is C=C(C)CCC/C(C)=C\C[C@@H](OP)C(C)=O. The average molecular weight is 242 g/mol. The summed E-state index contributed by atoms with van der Waals surface area (Å²) < 4.78 is 5.01. The van der Waals surface area contributed by atoms with Gasteiger partial charge in [-0.25, -0.2) is 0 Å². The summed E-state index contributed by atoms with van der Waals surface area (Å²) in [6.07, 6.45) is 5.70. The van der Waals surface area contributed by atoms with Crippen molar-refractivity contribution in [2.24, 2.45) is 0 Å². The van der Waals surface area contributed by atoms with Crippen molar-refractivity contribution >= 4 is 15.2 Å². The first-order valence-corrected chi connectivity index (χ1v) is 6.10. The van der Waals surface area contributed by atoms with Crippen LogP contribution in [0.25, 0.3) is 0 Å². The first-order chi connectivity index (χ1) is 7.47. The van der Waals surface area contributed by atoms with Crippen LogP contribution in [0.2, 0.25) is 0 Å². The van der Waals surface area contributed by atoms with E-state index in [1.54, 1.807) is 6.92 Å². The summed E-state index contributed by atoms with van der Waals surface area (Å²) in [5.74, 6) is 0.0704. The molecule has 16 heavy (non-hydrogen) atoms. The Labute approximate surface area is 101 Å². The van der Waals surface area contributed by atoms with Crippen LogP contribution in [0.4, 0.5) is 0 Å². The zero-order chi connectivity index (χ0) is 12.6. The van der Waals surface area contributed by atoms with Crippen LogP contribution < -0.4 is 0 Å². The minimum atomic E-state index is -0.318. The highest BCUT2D eigenvalue weighted by Gasteiger charge is 2.10. The number of allylic oxidation sites excluding steroid dienone is 2. The number of Topliss-reactive ketones (excluding diaryl/α,β-unsaturated/α-hetero) is 1. The largest absolute Gasteiger partial charge is 0.354 e. The molecule has 0 saturated heterocycles. The normalized spacial score (nSPS) is 13.6. The van der Waals surface area contributed by atoms with Crippen molar-refractivity contribution in [3.05, 3.63) is 23.8 Å². The van der Waals surface area contributed by atoms with E-state index in [-0.39, 0.29) is 11.9 Å². The lowest BCUT2D eigenvalue weighted by molar-refractivity contribution is -0.123. The van der Waals surface area contributed by atoms with Gasteiger partial charge in [0.2, 0.25) is 0 Å². The van der Waals surface area contributed by atoms with Gasteiger partial charge in [0.05, 0.1) is 0 Å². The fourth-order valence-electron chi connectivity index (χ4n) is 1.40. The lowest BCUT2D eigenvalue weighted by Gasteiger charge is -2.09. The van der Waals surface area contributed by atoms with Gasteiger partial charge >= 0.3 is 0 Å². The molecule has 0 bridgehead atoms. The van der Waals surface area contributed by atoms with E-state index in [4.69, 9.17) is 4.52 Å². The molecule has 0 heterocycles. The first kappa shape index (κ1) is 15.5. The summed E-state index contributed by atoms with van der Waals surface area (Å²) in [4.78, 5) is 11.1. The monoisotopic (exact) mass is 242 g/mol. The molecule has 0 aliphatic rings. The predicted octanol–water partition coefficient (Wildman–Crippen LogP) is 3.83. The zero-order valence-electron chi connectivity index (χ0n) is 10.6. The summed E-state index contributed by atoms with van der Waals surface area (Å²) >= 11 is 0. The quantitative estimate of drug-likeness (QED) is 0.477. The topological polar surface area (TPSA) is 26.3 Å². The Balaban J connectivity index is 3.93. The van der Waals surface area contributed by atoms with E-state index in [0.29, 0.717) is 6.42 Å². The van der Waals surface area contributed by atoms with Crippen molar-refractivity contribution < 1.29 is 9.32 Å². The molecule has 0 rings (SSSR count). The van der Waals surface area contributed by atoms with Gasteiger partial charge in [-0.15, -0.1) is 6.58 Å². The minimum Gasteiger partial charge on any atom is -0.354 e. The Morgan fingerprint density at radius 1 is 1.38 bits per heavy atom. The molecule has 0 spiro atoms. The van der Waals surface area contributed by atoms with E-state index in [1.807, 2.05) is 6.92 Å². The Hall–Kier alpha value is -0.460. The Kier molecular flexibility index (Phi) is 8.42. The van der Waals surface area contributed by atoms with Gasteiger partial charge in [0.15, 0.2) is 5.78 Å². The number of carbonyl (C=O) groups is 1. The molecule has 0 N–H and O–H groups in total. The van der Waals surface area contributed by atoms with Crippen LogP contribution in [0.5, 0.6) is 0 Å². The third-order valence-electron chi connectivity index (χ3n) is 2.47. The molecule has 2 nitrogen and oxygen atoms in total. The highest BCUT2D eigenvalue weighted by molar-refractivity contribution is 7.09. The molecule has 0 saturated carbocycles. The number of ketones is 1. The highest BCUT2D eigenvalue weighted by Crippen LogP contribution is 2.13. The number of rotatable bonds is 8. The van der Waals surface area contributed by atoms with Gasteiger partial charge in [-0.3, -0.25) is 4.79 Å². The van der Waals surface area contributed by atoms with Crippen molar-refractivity contribution in [3.63, 3.8) is 0 Å². The summed E-state index contributed by atoms with van der Waals surface area (Å²) in [5, 5.41) is 0. The van der Waals surface area contributed by atoms with Crippen molar-refractivity contribution in [3.8, 4) is 0 Å². The van der Waals surface area contributed by atoms with Crippen molar-refractivity contribution in [2.45, 2.75) is 52.6 Å². The summed E-state index contributed by atoms with van der Waals surface area (Å²) in [7, 11) is 2.16. The van der Waals surface area contributed by atoms with E-state index >= 15 is 0 Å². The molecule has 0 amide bonds. The fraction of sp³-hybridized carbons (Fsp3) is 0.615. The van der Waals surface area contributed by atoms with Crippen LogP contribution in [-0.4, -0.2) is 11.9 Å². The van der Waals surface area contributed by atoms with Crippen LogP contribution in [0.1, 0.15) is 46.5 Å². The van der Waals surface area contributed by atoms with Crippen molar-refractivity contribution in [1.29, 1.82) is 0 Å². The zero-order valence-corrected chi connectivity index (χ0v) is 11.7. The smallest absolute Gasteiger partial charge is 0.159 e. The van der Waals surface area contributed by atoms with Crippen LogP contribution in [-0.2, 0) is 9.32 Å². The second-order valence-electron chi connectivity index (χ2n) is 4.33. The van der Waals surface area contributed by atoms with Gasteiger partial charge in [0.1, 0.15) is 6.10 Å². The Morgan fingerprint density at radius 3 is 2.44 bits per heavy atom. The van der Waals surface area contributed by atoms with Gasteiger partial charge in [0, 0.05) is 9.47 Å². The molecule has 92 valence electrons. The van der Waals surface area contributed by atoms with Crippen LogP contribution in [0, 0.1) is 0 Å². The average Bonchev–Trinajstić information content (AvgIpc) is 2.17. The molecule has 0 aromatic carbocycles. The molecule has 0 aliphatic carbocycles. The van der Waals surface area contributed by atoms with Gasteiger partial charge in [0.25, 0.3) is 0 Å². The predicted molar refractivity (Wildman–Crippen MR) is 72.3 cm³/mol. The molecule has 0 aromatic heterocycles. The second-order valence-corrected chi connectivity index (χ2v) is 4.60. The summed E-state index contributed by atoms with van der Waals surface area (Å²) in [6, 6.07) is 0. The number of hydrogen-bond donors (Lipinski definition) is 0. The Bertz CT molecular complexity index is 269. The summed E-state index contributed by atoms with van der Waals surface area (Å²) in [5.41, 5.74) is 2.54. The molecule has 2 atom stereocenters. The highest BCUT2D eigenvalue weighted by atomic mass is 31.0. The lowest BCUT2D eigenvalue weighted by Crippen LogP contribution is -2.16. The maximum Gasteiger partial charge on any atom is 0.159 e. The maximum atomic E-state index is 11.1. The minimum absolute atomic E-state index is 0.0704. The molecule has 0 radical (unpaired) electrons.